The number of halogens is 2. The number of hydrogen-bond acceptors (Lipinski definition) is 4. The summed E-state index contributed by atoms with van der Waals surface area (Å²) in [5.74, 6) is 0. The maximum atomic E-state index is 12.4. The number of hydrogen-bond donors (Lipinski definition) is 1. The van der Waals surface area contributed by atoms with Crippen molar-refractivity contribution in [3.63, 3.8) is 0 Å². The second-order valence-corrected chi connectivity index (χ2v) is 6.95. The van der Waals surface area contributed by atoms with Crippen LogP contribution in [-0.4, -0.2) is 4.98 Å². The average molecular weight is 445 g/mol. The van der Waals surface area contributed by atoms with Gasteiger partial charge in [-0.2, -0.15) is 0 Å². The molecule has 0 atom stereocenters. The van der Waals surface area contributed by atoms with Gasteiger partial charge in [0.15, 0.2) is 20.5 Å². The van der Waals surface area contributed by atoms with E-state index >= 15 is 0 Å². The zero-order valence-corrected chi connectivity index (χ0v) is 15.7. The number of H-pyrrole nitrogens is 1. The molecule has 23 heavy (non-hydrogen) atoms. The van der Waals surface area contributed by atoms with E-state index in [4.69, 9.17) is 8.83 Å². The molecule has 5 nitrogen and oxygen atoms in total. The van der Waals surface area contributed by atoms with Gasteiger partial charge in [-0.1, -0.05) is 26.2 Å². The molecule has 0 aromatic carbocycles. The Morgan fingerprint density at radius 2 is 1.83 bits per heavy atom. The summed E-state index contributed by atoms with van der Waals surface area (Å²) in [7, 11) is 0. The van der Waals surface area contributed by atoms with Crippen LogP contribution in [-0.2, 0) is 6.42 Å². The van der Waals surface area contributed by atoms with Gasteiger partial charge in [0.1, 0.15) is 0 Å². The third kappa shape index (κ3) is 3.04. The Balaban J connectivity index is 2.25. The molecule has 0 aliphatic heterocycles. The lowest BCUT2D eigenvalue weighted by Gasteiger charge is -1.98. The molecule has 0 bridgehead atoms. The van der Waals surface area contributed by atoms with Gasteiger partial charge in [-0.05, 0) is 44.7 Å². The SMILES string of the molecule is CCCCCCc1c(Br)oc2c1c(=O)[nH]c(=O)c1cc(Br)oc12. The van der Waals surface area contributed by atoms with E-state index in [1.165, 1.54) is 6.07 Å². The number of aryl methyl sites for hydroxylation is 1. The fraction of sp³-hybridized carbons (Fsp3) is 0.375. The van der Waals surface area contributed by atoms with Gasteiger partial charge in [-0.3, -0.25) is 14.6 Å². The number of aromatic nitrogens is 1. The Labute approximate surface area is 148 Å². The maximum Gasteiger partial charge on any atom is 0.262 e. The molecule has 3 aromatic rings. The van der Waals surface area contributed by atoms with Crippen molar-refractivity contribution in [2.45, 2.75) is 39.0 Å². The van der Waals surface area contributed by atoms with Crippen LogP contribution in [0.2, 0.25) is 0 Å². The van der Waals surface area contributed by atoms with Crippen LogP contribution in [0.1, 0.15) is 38.2 Å². The van der Waals surface area contributed by atoms with Crippen molar-refractivity contribution in [1.29, 1.82) is 0 Å². The zero-order chi connectivity index (χ0) is 16.6. The fourth-order valence-electron chi connectivity index (χ4n) is 2.72. The summed E-state index contributed by atoms with van der Waals surface area (Å²) in [6.45, 7) is 2.15. The minimum atomic E-state index is -0.487. The van der Waals surface area contributed by atoms with Crippen LogP contribution in [0.4, 0.5) is 0 Å². The average Bonchev–Trinajstić information content (AvgIpc) is 3.01. The molecule has 0 spiro atoms. The quantitative estimate of drug-likeness (QED) is 0.569. The number of nitrogens with one attached hydrogen (secondary N) is 1. The highest BCUT2D eigenvalue weighted by atomic mass is 79.9. The Hall–Kier alpha value is -1.34. The molecule has 0 amide bonds. The van der Waals surface area contributed by atoms with Crippen molar-refractivity contribution >= 4 is 53.8 Å². The fourth-order valence-corrected chi connectivity index (χ4v) is 3.67. The van der Waals surface area contributed by atoms with E-state index in [0.717, 1.165) is 31.2 Å². The lowest BCUT2D eigenvalue weighted by Crippen LogP contribution is -2.14. The summed E-state index contributed by atoms with van der Waals surface area (Å²) in [5, 5.41) is 0.657. The van der Waals surface area contributed by atoms with Crippen molar-refractivity contribution in [1.82, 2.24) is 4.98 Å². The molecular formula is C16H15Br2NO4. The Morgan fingerprint density at radius 1 is 1.04 bits per heavy atom. The third-order valence-corrected chi connectivity index (χ3v) is 4.88. The van der Waals surface area contributed by atoms with Crippen molar-refractivity contribution in [3.8, 4) is 0 Å². The number of furan rings is 2. The van der Waals surface area contributed by atoms with Crippen LogP contribution in [0.25, 0.3) is 21.9 Å². The van der Waals surface area contributed by atoms with E-state index < -0.39 is 11.1 Å². The van der Waals surface area contributed by atoms with Crippen LogP contribution in [0, 0.1) is 0 Å². The molecule has 0 unspecified atom stereocenters. The smallest absolute Gasteiger partial charge is 0.262 e. The first-order valence-electron chi connectivity index (χ1n) is 7.49. The highest BCUT2D eigenvalue weighted by Gasteiger charge is 2.20. The summed E-state index contributed by atoms with van der Waals surface area (Å²) < 4.78 is 12.2. The van der Waals surface area contributed by atoms with Gasteiger partial charge in [0.2, 0.25) is 0 Å². The summed E-state index contributed by atoms with van der Waals surface area (Å²) in [6, 6.07) is 1.53. The Bertz CT molecular complexity index is 984. The molecular weight excluding hydrogens is 430 g/mol. The molecule has 0 aliphatic carbocycles. The molecule has 0 aliphatic rings. The molecule has 0 radical (unpaired) electrons. The van der Waals surface area contributed by atoms with E-state index in [1.54, 1.807) is 0 Å². The van der Waals surface area contributed by atoms with Crippen molar-refractivity contribution in [2.75, 3.05) is 0 Å². The van der Waals surface area contributed by atoms with Crippen LogP contribution in [0.5, 0.6) is 0 Å². The van der Waals surface area contributed by atoms with Crippen LogP contribution in [0.15, 0.2) is 33.8 Å². The molecule has 3 aromatic heterocycles. The summed E-state index contributed by atoms with van der Waals surface area (Å²) >= 11 is 6.60. The second-order valence-electron chi connectivity index (χ2n) is 5.45. The minimum absolute atomic E-state index is 0.274. The van der Waals surface area contributed by atoms with Crippen molar-refractivity contribution < 1.29 is 8.83 Å². The number of unbranched alkanes of at least 4 members (excludes halogenated alkanes) is 3. The summed E-state index contributed by atoms with van der Waals surface area (Å²) in [5.41, 5.74) is 0.412. The van der Waals surface area contributed by atoms with E-state index in [9.17, 15) is 9.59 Å². The molecule has 0 fully saturated rings. The topological polar surface area (TPSA) is 76.2 Å². The Morgan fingerprint density at radius 3 is 2.57 bits per heavy atom. The first-order valence-corrected chi connectivity index (χ1v) is 9.08. The molecule has 7 heteroatoms. The van der Waals surface area contributed by atoms with Gasteiger partial charge in [0.05, 0.1) is 10.8 Å². The standard InChI is InChI=1S/C16H15Br2NO4/c1-2-3-4-5-6-8-11-13(23-14(8)18)12-9(7-10(17)22-12)15(20)19-16(11)21/h7H,2-6H2,1H3,(H,19,20,21). The molecule has 0 saturated heterocycles. The third-order valence-electron chi connectivity index (χ3n) is 3.85. The number of rotatable bonds is 5. The van der Waals surface area contributed by atoms with Gasteiger partial charge in [0.25, 0.3) is 11.1 Å². The van der Waals surface area contributed by atoms with Crippen LogP contribution in [0.3, 0.4) is 0 Å². The van der Waals surface area contributed by atoms with Gasteiger partial charge in [0, 0.05) is 11.6 Å². The lowest BCUT2D eigenvalue weighted by atomic mass is 10.1. The highest BCUT2D eigenvalue weighted by Crippen LogP contribution is 2.34. The highest BCUT2D eigenvalue weighted by molar-refractivity contribution is 9.10. The molecule has 3 rings (SSSR count). The van der Waals surface area contributed by atoms with Gasteiger partial charge in [-0.15, -0.1) is 0 Å². The largest absolute Gasteiger partial charge is 0.445 e. The number of aromatic amines is 1. The normalized spacial score (nSPS) is 11.6. The van der Waals surface area contributed by atoms with E-state index in [1.807, 2.05) is 0 Å². The van der Waals surface area contributed by atoms with Gasteiger partial charge >= 0.3 is 0 Å². The van der Waals surface area contributed by atoms with Gasteiger partial charge in [-0.25, -0.2) is 0 Å². The van der Waals surface area contributed by atoms with E-state index in [2.05, 4.69) is 43.8 Å². The predicted molar refractivity (Wildman–Crippen MR) is 96.1 cm³/mol. The summed E-state index contributed by atoms with van der Waals surface area (Å²) in [6.07, 6.45) is 5.04. The molecule has 1 N–H and O–H groups in total. The van der Waals surface area contributed by atoms with Crippen LogP contribution >= 0.6 is 31.9 Å². The molecule has 0 saturated carbocycles. The first kappa shape index (κ1) is 16.5. The monoisotopic (exact) mass is 443 g/mol. The molecule has 3 heterocycles. The van der Waals surface area contributed by atoms with Crippen molar-refractivity contribution in [2.24, 2.45) is 0 Å². The lowest BCUT2D eigenvalue weighted by molar-refractivity contribution is 0.551. The second kappa shape index (κ2) is 6.65. The van der Waals surface area contributed by atoms with E-state index in [-0.39, 0.29) is 11.0 Å². The van der Waals surface area contributed by atoms with E-state index in [0.29, 0.717) is 26.7 Å². The number of fused-ring (bicyclic) bond motifs is 3. The first-order chi connectivity index (χ1) is 11.0. The predicted octanol–water partition coefficient (Wildman–Crippen LogP) is 4.88. The maximum absolute atomic E-state index is 12.4. The van der Waals surface area contributed by atoms with Crippen molar-refractivity contribution in [3.05, 3.63) is 41.7 Å². The minimum Gasteiger partial charge on any atom is -0.445 e. The van der Waals surface area contributed by atoms with Crippen LogP contribution < -0.4 is 11.1 Å². The molecule has 122 valence electrons. The van der Waals surface area contributed by atoms with Gasteiger partial charge < -0.3 is 8.83 Å². The zero-order valence-electron chi connectivity index (χ0n) is 12.5. The Kier molecular flexibility index (Phi) is 4.77. The summed E-state index contributed by atoms with van der Waals surface area (Å²) in [4.78, 5) is 26.9.